The van der Waals surface area contributed by atoms with Gasteiger partial charge >= 0.3 is 0 Å². The molecule has 2 bridgehead atoms. The van der Waals surface area contributed by atoms with Crippen molar-refractivity contribution in [2.24, 2.45) is 11.8 Å². The highest BCUT2D eigenvalue weighted by atomic mass is 16.5. The summed E-state index contributed by atoms with van der Waals surface area (Å²) >= 11 is 0. The van der Waals surface area contributed by atoms with Gasteiger partial charge in [-0.25, -0.2) is 0 Å². The van der Waals surface area contributed by atoms with Crippen molar-refractivity contribution < 1.29 is 19.4 Å². The predicted molar refractivity (Wildman–Crippen MR) is 116 cm³/mol. The van der Waals surface area contributed by atoms with Gasteiger partial charge in [-0.3, -0.25) is 9.59 Å². The molecule has 6 heteroatoms. The second kappa shape index (κ2) is 8.35. The predicted octanol–water partition coefficient (Wildman–Crippen LogP) is 3.31. The van der Waals surface area contributed by atoms with Crippen molar-refractivity contribution in [3.8, 4) is 11.5 Å². The normalized spacial score (nSPS) is 27.6. The molecule has 31 heavy (non-hydrogen) atoms. The first-order chi connectivity index (χ1) is 15.1. The fourth-order valence-electron chi connectivity index (χ4n) is 5.68. The number of para-hydroxylation sites is 1. The monoisotopic (exact) mass is 420 g/mol. The van der Waals surface area contributed by atoms with E-state index in [1.807, 2.05) is 58.3 Å². The first-order valence-electron chi connectivity index (χ1n) is 11.2. The molecule has 0 radical (unpaired) electrons. The maximum absolute atomic E-state index is 13.4. The molecule has 2 amide bonds. The number of carbonyl (C=O) groups is 2. The third-order valence-corrected chi connectivity index (χ3v) is 7.03. The zero-order valence-electron chi connectivity index (χ0n) is 17.5. The van der Waals surface area contributed by atoms with E-state index in [4.69, 9.17) is 4.74 Å². The van der Waals surface area contributed by atoms with Crippen LogP contribution in [0, 0.1) is 11.8 Å². The molecule has 0 aromatic heterocycles. The van der Waals surface area contributed by atoms with Gasteiger partial charge in [0.25, 0.3) is 5.91 Å². The van der Waals surface area contributed by atoms with Crippen LogP contribution in [0.3, 0.4) is 0 Å². The smallest absolute Gasteiger partial charge is 0.254 e. The maximum Gasteiger partial charge on any atom is 0.254 e. The molecule has 2 aromatic rings. The van der Waals surface area contributed by atoms with Crippen LogP contribution in [0.15, 0.2) is 54.6 Å². The lowest BCUT2D eigenvalue weighted by atomic mass is 9.72. The van der Waals surface area contributed by atoms with Gasteiger partial charge < -0.3 is 19.6 Å². The van der Waals surface area contributed by atoms with E-state index >= 15 is 0 Å². The number of rotatable bonds is 4. The van der Waals surface area contributed by atoms with Gasteiger partial charge in [0.1, 0.15) is 11.5 Å². The Balaban J connectivity index is 1.35. The Morgan fingerprint density at radius 2 is 1.81 bits per heavy atom. The summed E-state index contributed by atoms with van der Waals surface area (Å²) in [5.41, 5.74) is 0.602. The zero-order chi connectivity index (χ0) is 21.4. The second-order valence-electron chi connectivity index (χ2n) is 8.92. The molecule has 6 nitrogen and oxygen atoms in total. The van der Waals surface area contributed by atoms with E-state index in [9.17, 15) is 14.7 Å². The number of hydrogen-bond acceptors (Lipinski definition) is 4. The van der Waals surface area contributed by atoms with Crippen LogP contribution < -0.4 is 4.74 Å². The summed E-state index contributed by atoms with van der Waals surface area (Å²) in [5, 5.41) is 10.1. The first-order valence-corrected chi connectivity index (χ1v) is 11.2. The van der Waals surface area contributed by atoms with Gasteiger partial charge in [0, 0.05) is 31.1 Å². The van der Waals surface area contributed by atoms with Crippen LogP contribution in [0.1, 0.15) is 36.0 Å². The van der Waals surface area contributed by atoms with Crippen molar-refractivity contribution in [2.75, 3.05) is 19.7 Å². The summed E-state index contributed by atoms with van der Waals surface area (Å²) in [6.07, 6.45) is 3.40. The van der Waals surface area contributed by atoms with Gasteiger partial charge in [0.15, 0.2) is 0 Å². The molecular weight excluding hydrogens is 392 g/mol. The number of likely N-dealkylation sites (tertiary alicyclic amines) is 1. The number of carbonyl (C=O) groups excluding carboxylic acids is 2. The van der Waals surface area contributed by atoms with Crippen LogP contribution in [0.4, 0.5) is 0 Å². The van der Waals surface area contributed by atoms with Crippen LogP contribution >= 0.6 is 0 Å². The molecule has 3 heterocycles. The average molecular weight is 421 g/mol. The third kappa shape index (κ3) is 3.81. The average Bonchev–Trinajstić information content (AvgIpc) is 2.80. The molecule has 3 fully saturated rings. The number of amides is 2. The highest BCUT2D eigenvalue weighted by Crippen LogP contribution is 2.41. The molecule has 1 N–H and O–H groups in total. The van der Waals surface area contributed by atoms with E-state index in [-0.39, 0.29) is 42.3 Å². The molecular formula is C25H28N2O4. The van der Waals surface area contributed by atoms with Crippen LogP contribution in [0.5, 0.6) is 11.5 Å². The number of fused-ring (bicyclic) bond motifs is 4. The molecule has 3 saturated heterocycles. The van der Waals surface area contributed by atoms with E-state index in [2.05, 4.69) is 0 Å². The van der Waals surface area contributed by atoms with Crippen LogP contribution in [0.25, 0.3) is 0 Å². The van der Waals surface area contributed by atoms with Gasteiger partial charge in [-0.15, -0.1) is 0 Å². The number of ether oxygens (including phenoxy) is 1. The van der Waals surface area contributed by atoms with Crippen molar-refractivity contribution in [2.45, 2.75) is 37.8 Å². The summed E-state index contributed by atoms with van der Waals surface area (Å²) in [6, 6.07) is 16.8. The number of benzene rings is 2. The largest absolute Gasteiger partial charge is 0.457 e. The standard InChI is InChI=1S/C25H28N2O4/c28-16-23-19-12-18(22-10-5-11-24(29)27(22)23)14-26(15-19)25(30)17-6-4-9-21(13-17)31-20-7-2-1-3-8-20/h1-4,6-9,13,18-19,22-23,28H,5,10-12,14-16H2/t18-,19+,22+,23+/m1/s1. The Bertz CT molecular complexity index is 949. The van der Waals surface area contributed by atoms with Gasteiger partial charge in [0.05, 0.1) is 12.6 Å². The van der Waals surface area contributed by atoms with Crippen molar-refractivity contribution in [1.29, 1.82) is 0 Å². The molecule has 5 rings (SSSR count). The Morgan fingerprint density at radius 3 is 2.61 bits per heavy atom. The van der Waals surface area contributed by atoms with Crippen LogP contribution in [0.2, 0.25) is 0 Å². The van der Waals surface area contributed by atoms with Crippen molar-refractivity contribution >= 4 is 11.8 Å². The SMILES string of the molecule is O=C(c1cccc(Oc2ccccc2)c1)N1C[C@H]2C[C@@H](C1)[C@H](CO)N1C(=O)CCC[C@@H]21. The Morgan fingerprint density at radius 1 is 1.03 bits per heavy atom. The lowest BCUT2D eigenvalue weighted by Gasteiger charge is -2.56. The van der Waals surface area contributed by atoms with Gasteiger partial charge in [0.2, 0.25) is 5.91 Å². The molecule has 2 aromatic carbocycles. The van der Waals surface area contributed by atoms with Gasteiger partial charge in [-0.1, -0.05) is 24.3 Å². The molecule has 0 spiro atoms. The maximum atomic E-state index is 13.4. The Labute approximate surface area is 182 Å². The fourth-order valence-corrected chi connectivity index (χ4v) is 5.68. The van der Waals surface area contributed by atoms with E-state index in [0.717, 1.165) is 25.0 Å². The lowest BCUT2D eigenvalue weighted by Crippen LogP contribution is -2.66. The molecule has 0 unspecified atom stereocenters. The van der Waals surface area contributed by atoms with E-state index in [0.29, 0.717) is 30.8 Å². The first kappa shape index (κ1) is 20.1. The van der Waals surface area contributed by atoms with Crippen LogP contribution in [-0.2, 0) is 4.79 Å². The van der Waals surface area contributed by atoms with Gasteiger partial charge in [-0.05, 0) is 61.4 Å². The van der Waals surface area contributed by atoms with Crippen molar-refractivity contribution in [1.82, 2.24) is 9.80 Å². The topological polar surface area (TPSA) is 70.1 Å². The summed E-state index contributed by atoms with van der Waals surface area (Å²) in [7, 11) is 0. The number of aliphatic hydroxyl groups excluding tert-OH is 1. The molecule has 162 valence electrons. The summed E-state index contributed by atoms with van der Waals surface area (Å²) in [5.74, 6) is 1.91. The Kier molecular flexibility index (Phi) is 5.40. The van der Waals surface area contributed by atoms with E-state index in [1.165, 1.54) is 0 Å². The van der Waals surface area contributed by atoms with Crippen molar-refractivity contribution in [3.05, 3.63) is 60.2 Å². The van der Waals surface area contributed by atoms with E-state index in [1.54, 1.807) is 6.07 Å². The summed E-state index contributed by atoms with van der Waals surface area (Å²) in [4.78, 5) is 29.8. The minimum Gasteiger partial charge on any atom is -0.457 e. The molecule has 4 atom stereocenters. The number of nitrogens with zero attached hydrogens (tertiary/aromatic N) is 2. The molecule has 3 aliphatic rings. The number of hydrogen-bond donors (Lipinski definition) is 1. The summed E-state index contributed by atoms with van der Waals surface area (Å²) < 4.78 is 5.90. The second-order valence-corrected chi connectivity index (χ2v) is 8.92. The Hall–Kier alpha value is -2.86. The number of piperidine rings is 3. The fraction of sp³-hybridized carbons (Fsp3) is 0.440. The van der Waals surface area contributed by atoms with Crippen molar-refractivity contribution in [3.63, 3.8) is 0 Å². The minimum absolute atomic E-state index is 0.0134. The molecule has 0 aliphatic carbocycles. The van der Waals surface area contributed by atoms with Gasteiger partial charge in [-0.2, -0.15) is 0 Å². The third-order valence-electron chi connectivity index (χ3n) is 7.03. The van der Waals surface area contributed by atoms with Crippen LogP contribution in [-0.4, -0.2) is 58.5 Å². The van der Waals surface area contributed by atoms with E-state index < -0.39 is 0 Å². The number of aliphatic hydroxyl groups is 1. The lowest BCUT2D eigenvalue weighted by molar-refractivity contribution is -0.154. The molecule has 3 aliphatic heterocycles. The summed E-state index contributed by atoms with van der Waals surface area (Å²) in [6.45, 7) is 1.19. The molecule has 0 saturated carbocycles. The minimum atomic E-state index is -0.183. The zero-order valence-corrected chi connectivity index (χ0v) is 17.5. The highest BCUT2D eigenvalue weighted by Gasteiger charge is 2.49. The quantitative estimate of drug-likeness (QED) is 0.824. The highest BCUT2D eigenvalue weighted by molar-refractivity contribution is 5.94.